The van der Waals surface area contributed by atoms with Gasteiger partial charge in [-0.3, -0.25) is 14.5 Å². The lowest BCUT2D eigenvalue weighted by Crippen LogP contribution is -2.27. The van der Waals surface area contributed by atoms with Crippen LogP contribution in [0.3, 0.4) is 0 Å². The number of carbonyl (C=O) groups excluding carboxylic acids is 2. The lowest BCUT2D eigenvalue weighted by molar-refractivity contribution is -0.115. The molecule has 1 fully saturated rings. The van der Waals surface area contributed by atoms with Crippen LogP contribution in [0.1, 0.15) is 21.3 Å². The Labute approximate surface area is 177 Å². The van der Waals surface area contributed by atoms with Crippen molar-refractivity contribution in [1.82, 2.24) is 0 Å². The van der Waals surface area contributed by atoms with E-state index < -0.39 is 0 Å². The van der Waals surface area contributed by atoms with Crippen molar-refractivity contribution in [2.24, 2.45) is 0 Å². The molecule has 0 radical (unpaired) electrons. The minimum atomic E-state index is -0.188. The molecular weight excluding hydrogens is 400 g/mol. The van der Waals surface area contributed by atoms with Crippen LogP contribution < -0.4 is 19.7 Å². The summed E-state index contributed by atoms with van der Waals surface area (Å²) in [5, 5.41) is 2.75. The standard InChI is InChI=1S/C23H18N2O4S/c26-21-13-30-23(25(21)18-9-10-19-20(12-18)29-14-28-19)16-7-4-8-17(11-16)24-22(27)15-5-2-1-3-6-15/h1-12,23H,13-14H2,(H,24,27). The Morgan fingerprint density at radius 3 is 2.67 bits per heavy atom. The van der Waals surface area contributed by atoms with Gasteiger partial charge in [-0.2, -0.15) is 0 Å². The Morgan fingerprint density at radius 1 is 0.967 bits per heavy atom. The van der Waals surface area contributed by atoms with Crippen molar-refractivity contribution >= 4 is 35.0 Å². The first-order chi connectivity index (χ1) is 14.7. The lowest BCUT2D eigenvalue weighted by Gasteiger charge is -2.25. The topological polar surface area (TPSA) is 67.9 Å². The van der Waals surface area contributed by atoms with Gasteiger partial charge < -0.3 is 14.8 Å². The predicted octanol–water partition coefficient (Wildman–Crippen LogP) is 4.45. The summed E-state index contributed by atoms with van der Waals surface area (Å²) in [7, 11) is 0. The number of carbonyl (C=O) groups is 2. The maximum Gasteiger partial charge on any atom is 0.255 e. The highest BCUT2D eigenvalue weighted by molar-refractivity contribution is 8.00. The van der Waals surface area contributed by atoms with Gasteiger partial charge in [0.25, 0.3) is 5.91 Å². The van der Waals surface area contributed by atoms with E-state index in [0.717, 1.165) is 11.3 Å². The molecule has 0 saturated carbocycles. The van der Waals surface area contributed by atoms with Gasteiger partial charge in [0.05, 0.1) is 5.75 Å². The monoisotopic (exact) mass is 418 g/mol. The van der Waals surface area contributed by atoms with Gasteiger partial charge in [-0.1, -0.05) is 30.3 Å². The zero-order chi connectivity index (χ0) is 20.5. The number of benzene rings is 3. The molecule has 3 aromatic rings. The summed E-state index contributed by atoms with van der Waals surface area (Å²) in [5.41, 5.74) is 2.98. The summed E-state index contributed by atoms with van der Waals surface area (Å²) in [4.78, 5) is 26.9. The molecule has 0 bridgehead atoms. The summed E-state index contributed by atoms with van der Waals surface area (Å²) in [5.74, 6) is 1.57. The van der Waals surface area contributed by atoms with Crippen LogP contribution >= 0.6 is 11.8 Å². The average molecular weight is 418 g/mol. The fourth-order valence-electron chi connectivity index (χ4n) is 3.55. The Kier molecular flexibility index (Phi) is 4.80. The molecule has 150 valence electrons. The predicted molar refractivity (Wildman–Crippen MR) is 116 cm³/mol. The van der Waals surface area contributed by atoms with E-state index in [2.05, 4.69) is 5.32 Å². The van der Waals surface area contributed by atoms with Crippen molar-refractivity contribution in [3.63, 3.8) is 0 Å². The number of hydrogen-bond acceptors (Lipinski definition) is 5. The molecular formula is C23H18N2O4S. The Morgan fingerprint density at radius 2 is 1.80 bits per heavy atom. The molecule has 1 atom stereocenters. The van der Waals surface area contributed by atoms with Crippen LogP contribution in [0.5, 0.6) is 11.5 Å². The summed E-state index contributed by atoms with van der Waals surface area (Å²) in [6.45, 7) is 0.189. The summed E-state index contributed by atoms with van der Waals surface area (Å²) < 4.78 is 10.8. The van der Waals surface area contributed by atoms with E-state index in [1.165, 1.54) is 0 Å². The normalized spacial score (nSPS) is 17.3. The molecule has 30 heavy (non-hydrogen) atoms. The van der Waals surface area contributed by atoms with Crippen LogP contribution in [0.4, 0.5) is 11.4 Å². The number of hydrogen-bond donors (Lipinski definition) is 1. The number of nitrogens with one attached hydrogen (secondary N) is 1. The average Bonchev–Trinajstić information content (AvgIpc) is 3.40. The molecule has 1 N–H and O–H groups in total. The van der Waals surface area contributed by atoms with Crippen LogP contribution in [0, 0.1) is 0 Å². The maximum absolute atomic E-state index is 12.7. The molecule has 2 aliphatic rings. The van der Waals surface area contributed by atoms with Crippen LogP contribution in [0.25, 0.3) is 0 Å². The van der Waals surface area contributed by atoms with E-state index in [9.17, 15) is 9.59 Å². The molecule has 0 aromatic heterocycles. The third-order valence-corrected chi connectivity index (χ3v) is 6.18. The number of amides is 2. The van der Waals surface area contributed by atoms with Crippen molar-refractivity contribution in [2.75, 3.05) is 22.8 Å². The lowest BCUT2D eigenvalue weighted by atomic mass is 10.1. The molecule has 3 aromatic carbocycles. The largest absolute Gasteiger partial charge is 0.454 e. The highest BCUT2D eigenvalue weighted by atomic mass is 32.2. The molecule has 2 heterocycles. The molecule has 0 spiro atoms. The first-order valence-corrected chi connectivity index (χ1v) is 10.5. The second kappa shape index (κ2) is 7.76. The zero-order valence-corrected chi connectivity index (χ0v) is 16.7. The molecule has 0 aliphatic carbocycles. The number of fused-ring (bicyclic) bond motifs is 1. The second-order valence-corrected chi connectivity index (χ2v) is 7.98. The van der Waals surface area contributed by atoms with Crippen molar-refractivity contribution in [3.8, 4) is 11.5 Å². The number of thioether (sulfide) groups is 1. The number of nitrogens with zero attached hydrogens (tertiary/aromatic N) is 1. The van der Waals surface area contributed by atoms with E-state index >= 15 is 0 Å². The molecule has 6 nitrogen and oxygen atoms in total. The van der Waals surface area contributed by atoms with Crippen molar-refractivity contribution in [1.29, 1.82) is 0 Å². The van der Waals surface area contributed by atoms with Gasteiger partial charge in [0.1, 0.15) is 5.37 Å². The van der Waals surface area contributed by atoms with Crippen LogP contribution in [0.2, 0.25) is 0 Å². The highest BCUT2D eigenvalue weighted by Gasteiger charge is 2.35. The fraction of sp³-hybridized carbons (Fsp3) is 0.130. The summed E-state index contributed by atoms with van der Waals surface area (Å²) in [6.07, 6.45) is 0. The van der Waals surface area contributed by atoms with Crippen molar-refractivity contribution < 1.29 is 19.1 Å². The molecule has 2 amide bonds. The van der Waals surface area contributed by atoms with Gasteiger partial charge in [0.15, 0.2) is 11.5 Å². The SMILES string of the molecule is O=C(Nc1cccc(C2SCC(=O)N2c2ccc3c(c2)OCO3)c1)c1ccccc1. The molecule has 2 aliphatic heterocycles. The molecule has 7 heteroatoms. The van der Waals surface area contributed by atoms with E-state index in [1.54, 1.807) is 28.8 Å². The first kappa shape index (κ1) is 18.6. The minimum absolute atomic E-state index is 0.0302. The van der Waals surface area contributed by atoms with Gasteiger partial charge in [0, 0.05) is 23.0 Å². The maximum atomic E-state index is 12.7. The van der Waals surface area contributed by atoms with E-state index in [4.69, 9.17) is 9.47 Å². The van der Waals surface area contributed by atoms with Crippen LogP contribution in [-0.4, -0.2) is 24.4 Å². The van der Waals surface area contributed by atoms with Crippen LogP contribution in [-0.2, 0) is 4.79 Å². The highest BCUT2D eigenvalue weighted by Crippen LogP contribution is 2.45. The Bertz CT molecular complexity index is 1120. The van der Waals surface area contributed by atoms with E-state index in [0.29, 0.717) is 28.5 Å². The molecule has 1 saturated heterocycles. The Hall–Kier alpha value is -3.45. The molecule has 1 unspecified atom stereocenters. The third kappa shape index (κ3) is 3.48. The van der Waals surface area contributed by atoms with Gasteiger partial charge in [0.2, 0.25) is 12.7 Å². The number of rotatable bonds is 4. The van der Waals surface area contributed by atoms with Gasteiger partial charge in [-0.05, 0) is 42.0 Å². The van der Waals surface area contributed by atoms with E-state index in [-0.39, 0.29) is 24.0 Å². The number of anilines is 2. The van der Waals surface area contributed by atoms with Gasteiger partial charge in [-0.15, -0.1) is 11.8 Å². The molecule has 5 rings (SSSR count). The van der Waals surface area contributed by atoms with Gasteiger partial charge >= 0.3 is 0 Å². The fourth-order valence-corrected chi connectivity index (χ4v) is 4.71. The minimum Gasteiger partial charge on any atom is -0.454 e. The van der Waals surface area contributed by atoms with Gasteiger partial charge in [-0.25, -0.2) is 0 Å². The Balaban J connectivity index is 1.41. The van der Waals surface area contributed by atoms with Crippen molar-refractivity contribution in [3.05, 3.63) is 83.9 Å². The smallest absolute Gasteiger partial charge is 0.255 e. The zero-order valence-electron chi connectivity index (χ0n) is 15.9. The third-order valence-electron chi connectivity index (χ3n) is 4.97. The van der Waals surface area contributed by atoms with Crippen LogP contribution in [0.15, 0.2) is 72.8 Å². The summed E-state index contributed by atoms with van der Waals surface area (Å²) in [6, 6.07) is 22.2. The first-order valence-electron chi connectivity index (χ1n) is 9.49. The number of ether oxygens (including phenoxy) is 2. The second-order valence-electron chi connectivity index (χ2n) is 6.91. The van der Waals surface area contributed by atoms with E-state index in [1.807, 2.05) is 60.7 Å². The van der Waals surface area contributed by atoms with Crippen molar-refractivity contribution in [2.45, 2.75) is 5.37 Å². The quantitative estimate of drug-likeness (QED) is 0.678. The summed E-state index contributed by atoms with van der Waals surface area (Å²) >= 11 is 1.56.